The minimum atomic E-state index is -3.48. The number of anilines is 2. The SMILES string of the molecule is CS(=O)(=O)Nc1cc(NCC2CCOC2)ccc1F. The third-order valence-corrected chi connectivity index (χ3v) is 3.47. The first-order chi connectivity index (χ1) is 8.94. The summed E-state index contributed by atoms with van der Waals surface area (Å²) < 4.78 is 43.1. The molecule has 1 aromatic carbocycles. The Morgan fingerprint density at radius 2 is 2.26 bits per heavy atom. The molecule has 106 valence electrons. The van der Waals surface area contributed by atoms with Gasteiger partial charge < -0.3 is 10.1 Å². The first kappa shape index (κ1) is 14.1. The van der Waals surface area contributed by atoms with Crippen LogP contribution in [-0.2, 0) is 14.8 Å². The lowest BCUT2D eigenvalue weighted by Crippen LogP contribution is -2.15. The number of hydrogen-bond donors (Lipinski definition) is 2. The van der Waals surface area contributed by atoms with Gasteiger partial charge in [0.25, 0.3) is 0 Å². The summed E-state index contributed by atoms with van der Waals surface area (Å²) in [5.41, 5.74) is 0.634. The van der Waals surface area contributed by atoms with E-state index in [0.717, 1.165) is 32.4 Å². The fourth-order valence-electron chi connectivity index (χ4n) is 1.92. The van der Waals surface area contributed by atoms with Gasteiger partial charge in [-0.15, -0.1) is 0 Å². The highest BCUT2D eigenvalue weighted by Gasteiger charge is 2.15. The summed E-state index contributed by atoms with van der Waals surface area (Å²) in [6, 6.07) is 4.27. The van der Waals surface area contributed by atoms with Crippen LogP contribution in [-0.4, -0.2) is 34.4 Å². The number of rotatable bonds is 5. The highest BCUT2D eigenvalue weighted by atomic mass is 32.2. The van der Waals surface area contributed by atoms with E-state index in [2.05, 4.69) is 10.0 Å². The number of benzene rings is 1. The molecule has 0 amide bonds. The van der Waals surface area contributed by atoms with E-state index in [0.29, 0.717) is 11.6 Å². The van der Waals surface area contributed by atoms with Crippen molar-refractivity contribution in [3.05, 3.63) is 24.0 Å². The van der Waals surface area contributed by atoms with Crippen molar-refractivity contribution in [3.8, 4) is 0 Å². The fraction of sp³-hybridized carbons (Fsp3) is 0.500. The van der Waals surface area contributed by atoms with Gasteiger partial charge in [0.2, 0.25) is 10.0 Å². The molecule has 5 nitrogen and oxygen atoms in total. The molecule has 1 unspecified atom stereocenters. The van der Waals surface area contributed by atoms with Crippen molar-refractivity contribution in [1.82, 2.24) is 0 Å². The van der Waals surface area contributed by atoms with Crippen LogP contribution in [0.25, 0.3) is 0 Å². The minimum absolute atomic E-state index is 0.0461. The van der Waals surface area contributed by atoms with E-state index in [1.165, 1.54) is 12.1 Å². The van der Waals surface area contributed by atoms with E-state index in [1.54, 1.807) is 6.07 Å². The highest BCUT2D eigenvalue weighted by molar-refractivity contribution is 7.92. The molecule has 0 saturated carbocycles. The Labute approximate surface area is 112 Å². The normalized spacial score (nSPS) is 19.4. The van der Waals surface area contributed by atoms with Gasteiger partial charge in [0.05, 0.1) is 18.6 Å². The lowest BCUT2D eigenvalue weighted by Gasteiger charge is -2.12. The van der Waals surface area contributed by atoms with E-state index in [1.807, 2.05) is 0 Å². The Kier molecular flexibility index (Phi) is 4.26. The minimum Gasteiger partial charge on any atom is -0.385 e. The molecule has 0 aliphatic carbocycles. The molecule has 1 fully saturated rings. The average molecular weight is 288 g/mol. The van der Waals surface area contributed by atoms with Crippen molar-refractivity contribution in [3.63, 3.8) is 0 Å². The van der Waals surface area contributed by atoms with Crippen LogP contribution in [0.15, 0.2) is 18.2 Å². The van der Waals surface area contributed by atoms with E-state index in [-0.39, 0.29) is 5.69 Å². The van der Waals surface area contributed by atoms with Gasteiger partial charge in [0, 0.05) is 24.8 Å². The molecule has 2 rings (SSSR count). The molecule has 1 atom stereocenters. The fourth-order valence-corrected chi connectivity index (χ4v) is 2.48. The topological polar surface area (TPSA) is 67.4 Å². The second kappa shape index (κ2) is 5.75. The Morgan fingerprint density at radius 3 is 2.89 bits per heavy atom. The van der Waals surface area contributed by atoms with Crippen LogP contribution in [0.3, 0.4) is 0 Å². The third kappa shape index (κ3) is 4.36. The van der Waals surface area contributed by atoms with Gasteiger partial charge >= 0.3 is 0 Å². The van der Waals surface area contributed by atoms with Gasteiger partial charge in [-0.1, -0.05) is 0 Å². The van der Waals surface area contributed by atoms with Crippen LogP contribution in [0, 0.1) is 11.7 Å². The van der Waals surface area contributed by atoms with Crippen molar-refractivity contribution < 1.29 is 17.5 Å². The van der Waals surface area contributed by atoms with Crippen molar-refractivity contribution in [2.45, 2.75) is 6.42 Å². The maximum Gasteiger partial charge on any atom is 0.229 e. The number of sulfonamides is 1. The smallest absolute Gasteiger partial charge is 0.229 e. The quantitative estimate of drug-likeness (QED) is 0.864. The zero-order valence-electron chi connectivity index (χ0n) is 10.6. The Morgan fingerprint density at radius 1 is 1.47 bits per heavy atom. The molecule has 1 aliphatic heterocycles. The summed E-state index contributed by atoms with van der Waals surface area (Å²) >= 11 is 0. The first-order valence-electron chi connectivity index (χ1n) is 6.03. The van der Waals surface area contributed by atoms with Gasteiger partial charge in [0.15, 0.2) is 0 Å². The average Bonchev–Trinajstić information content (AvgIpc) is 2.81. The van der Waals surface area contributed by atoms with Crippen LogP contribution in [0.1, 0.15) is 6.42 Å². The summed E-state index contributed by atoms with van der Waals surface area (Å²) in [4.78, 5) is 0. The zero-order chi connectivity index (χ0) is 13.9. The molecule has 0 aromatic heterocycles. The first-order valence-corrected chi connectivity index (χ1v) is 7.92. The summed E-state index contributed by atoms with van der Waals surface area (Å²) in [7, 11) is -3.48. The van der Waals surface area contributed by atoms with Crippen molar-refractivity contribution in [2.24, 2.45) is 5.92 Å². The zero-order valence-corrected chi connectivity index (χ0v) is 11.5. The number of halogens is 1. The molecule has 0 bridgehead atoms. The van der Waals surface area contributed by atoms with Crippen LogP contribution in [0.4, 0.5) is 15.8 Å². The second-order valence-corrected chi connectivity index (χ2v) is 6.43. The largest absolute Gasteiger partial charge is 0.385 e. The number of nitrogens with one attached hydrogen (secondary N) is 2. The molecule has 1 saturated heterocycles. The molecular formula is C12H17FN2O3S. The molecule has 2 N–H and O–H groups in total. The number of ether oxygens (including phenoxy) is 1. The maximum absolute atomic E-state index is 13.5. The molecule has 19 heavy (non-hydrogen) atoms. The molecule has 0 spiro atoms. The Hall–Kier alpha value is -1.34. The van der Waals surface area contributed by atoms with Gasteiger partial charge in [-0.3, -0.25) is 4.72 Å². The van der Waals surface area contributed by atoms with Crippen molar-refractivity contribution >= 4 is 21.4 Å². The summed E-state index contributed by atoms with van der Waals surface area (Å²) in [5.74, 6) is -0.156. The van der Waals surface area contributed by atoms with Gasteiger partial charge in [-0.25, -0.2) is 12.8 Å². The van der Waals surface area contributed by atoms with Crippen LogP contribution < -0.4 is 10.0 Å². The van der Waals surface area contributed by atoms with E-state index in [9.17, 15) is 12.8 Å². The van der Waals surface area contributed by atoms with E-state index in [4.69, 9.17) is 4.74 Å². The number of hydrogen-bond acceptors (Lipinski definition) is 4. The summed E-state index contributed by atoms with van der Waals surface area (Å²) in [5, 5.41) is 3.16. The van der Waals surface area contributed by atoms with Crippen LogP contribution in [0.2, 0.25) is 0 Å². The van der Waals surface area contributed by atoms with Crippen molar-refractivity contribution in [1.29, 1.82) is 0 Å². The standard InChI is InChI=1S/C12H17FN2O3S/c1-19(16,17)15-12-6-10(2-3-11(12)13)14-7-9-4-5-18-8-9/h2-3,6,9,14-15H,4-5,7-8H2,1H3. The van der Waals surface area contributed by atoms with Gasteiger partial charge in [-0.2, -0.15) is 0 Å². The lowest BCUT2D eigenvalue weighted by molar-refractivity contribution is 0.187. The van der Waals surface area contributed by atoms with Gasteiger partial charge in [-0.05, 0) is 24.6 Å². The molecule has 1 heterocycles. The van der Waals surface area contributed by atoms with E-state index < -0.39 is 15.8 Å². The molecule has 1 aromatic rings. The molecule has 0 radical (unpaired) electrons. The van der Waals surface area contributed by atoms with E-state index >= 15 is 0 Å². The predicted octanol–water partition coefficient (Wildman–Crippen LogP) is 1.65. The molecule has 1 aliphatic rings. The maximum atomic E-state index is 13.5. The van der Waals surface area contributed by atoms with Crippen molar-refractivity contribution in [2.75, 3.05) is 36.1 Å². The summed E-state index contributed by atoms with van der Waals surface area (Å²) in [6.07, 6.45) is 1.99. The molecular weight excluding hydrogens is 271 g/mol. The monoisotopic (exact) mass is 288 g/mol. The highest BCUT2D eigenvalue weighted by Crippen LogP contribution is 2.21. The van der Waals surface area contributed by atoms with Crippen LogP contribution in [0.5, 0.6) is 0 Å². The Balaban J connectivity index is 2.03. The van der Waals surface area contributed by atoms with Crippen LogP contribution >= 0.6 is 0 Å². The van der Waals surface area contributed by atoms with Gasteiger partial charge in [0.1, 0.15) is 5.82 Å². The molecule has 7 heteroatoms. The lowest BCUT2D eigenvalue weighted by atomic mass is 10.1. The predicted molar refractivity (Wildman–Crippen MR) is 72.3 cm³/mol. The summed E-state index contributed by atoms with van der Waals surface area (Å²) in [6.45, 7) is 2.23. The third-order valence-electron chi connectivity index (χ3n) is 2.88. The second-order valence-electron chi connectivity index (χ2n) is 4.68. The Bertz CT molecular complexity index is 542.